The fraction of sp³-hybridized carbons (Fsp3) is 0.688. The summed E-state index contributed by atoms with van der Waals surface area (Å²) in [4.78, 5) is 17.7. The van der Waals surface area contributed by atoms with Gasteiger partial charge in [0, 0.05) is 50.4 Å². The van der Waals surface area contributed by atoms with E-state index in [0.29, 0.717) is 25.9 Å². The van der Waals surface area contributed by atoms with E-state index in [1.165, 1.54) is 10.4 Å². The molecule has 0 bridgehead atoms. The fourth-order valence-electron chi connectivity index (χ4n) is 3.25. The molecule has 2 aliphatic rings. The number of amides is 1. The van der Waals surface area contributed by atoms with Gasteiger partial charge in [-0.25, -0.2) is 4.39 Å². The lowest BCUT2D eigenvalue weighted by Gasteiger charge is -2.37. The van der Waals surface area contributed by atoms with Crippen molar-refractivity contribution in [1.29, 1.82) is 0 Å². The first-order valence-electron chi connectivity index (χ1n) is 7.82. The minimum Gasteiger partial charge on any atom is -0.340 e. The minimum absolute atomic E-state index is 0.257. The lowest BCUT2D eigenvalue weighted by atomic mass is 9.91. The zero-order chi connectivity index (χ0) is 14.9. The zero-order valence-electron chi connectivity index (χ0n) is 12.6. The lowest BCUT2D eigenvalue weighted by Crippen LogP contribution is -2.51. The van der Waals surface area contributed by atoms with E-state index < -0.39 is 5.67 Å². The van der Waals surface area contributed by atoms with Crippen molar-refractivity contribution in [1.82, 2.24) is 9.80 Å². The van der Waals surface area contributed by atoms with Gasteiger partial charge in [0.2, 0.25) is 0 Å². The van der Waals surface area contributed by atoms with Crippen molar-refractivity contribution in [2.75, 3.05) is 26.2 Å². The number of hydrogen-bond donors (Lipinski definition) is 0. The van der Waals surface area contributed by atoms with Crippen molar-refractivity contribution in [2.24, 2.45) is 0 Å². The fourth-order valence-corrected chi connectivity index (χ4v) is 4.20. The first-order valence-corrected chi connectivity index (χ1v) is 8.70. The molecule has 0 spiro atoms. The molecule has 0 radical (unpaired) electrons. The van der Waals surface area contributed by atoms with Crippen LogP contribution in [0.3, 0.4) is 0 Å². The molecule has 2 aliphatic heterocycles. The highest BCUT2D eigenvalue weighted by Crippen LogP contribution is 2.31. The van der Waals surface area contributed by atoms with Crippen LogP contribution in [0.25, 0.3) is 0 Å². The van der Waals surface area contributed by atoms with Gasteiger partial charge in [0.1, 0.15) is 0 Å². The van der Waals surface area contributed by atoms with E-state index in [0.717, 1.165) is 32.5 Å². The van der Waals surface area contributed by atoms with Gasteiger partial charge >= 0.3 is 0 Å². The number of rotatable bonds is 3. The molecule has 0 aromatic carbocycles. The van der Waals surface area contributed by atoms with Crippen molar-refractivity contribution in [3.8, 4) is 0 Å². The number of aryl methyl sites for hydroxylation is 1. The van der Waals surface area contributed by atoms with Gasteiger partial charge in [-0.3, -0.25) is 9.69 Å². The van der Waals surface area contributed by atoms with Crippen LogP contribution in [-0.4, -0.2) is 47.6 Å². The SMILES string of the molecule is Cc1ccsc1CN1CCC(F)(C(=O)N2CCCC2)CC1. The number of thiophene rings is 1. The molecule has 21 heavy (non-hydrogen) atoms. The van der Waals surface area contributed by atoms with E-state index >= 15 is 0 Å². The third kappa shape index (κ3) is 3.14. The molecule has 0 aliphatic carbocycles. The molecule has 0 atom stereocenters. The van der Waals surface area contributed by atoms with E-state index in [1.54, 1.807) is 16.2 Å². The standard InChI is InChI=1S/C16H23FN2OS/c1-13-4-11-21-14(13)12-18-9-5-16(17,6-10-18)15(20)19-7-2-3-8-19/h4,11H,2-3,5-10,12H2,1H3. The molecule has 3 nitrogen and oxygen atoms in total. The first kappa shape index (κ1) is 15.0. The second-order valence-electron chi connectivity index (χ2n) is 6.27. The van der Waals surface area contributed by atoms with Crippen LogP contribution in [-0.2, 0) is 11.3 Å². The summed E-state index contributed by atoms with van der Waals surface area (Å²) in [5.41, 5.74) is -0.309. The summed E-state index contributed by atoms with van der Waals surface area (Å²) >= 11 is 1.76. The topological polar surface area (TPSA) is 23.6 Å². The van der Waals surface area contributed by atoms with Crippen LogP contribution in [0, 0.1) is 6.92 Å². The van der Waals surface area contributed by atoms with Crippen LogP contribution in [0.4, 0.5) is 4.39 Å². The Labute approximate surface area is 129 Å². The largest absolute Gasteiger partial charge is 0.340 e. The molecule has 1 amide bonds. The highest BCUT2D eigenvalue weighted by molar-refractivity contribution is 7.10. The molecular formula is C16H23FN2OS. The molecule has 1 aromatic rings. The summed E-state index contributed by atoms with van der Waals surface area (Å²) in [5, 5.41) is 2.10. The van der Waals surface area contributed by atoms with Gasteiger partial charge in [-0.1, -0.05) is 0 Å². The maximum absolute atomic E-state index is 14.9. The highest BCUT2D eigenvalue weighted by Gasteiger charge is 2.44. The maximum Gasteiger partial charge on any atom is 0.260 e. The lowest BCUT2D eigenvalue weighted by molar-refractivity contribution is -0.146. The molecule has 0 unspecified atom stereocenters. The van der Waals surface area contributed by atoms with Gasteiger partial charge in [-0.05, 0) is 36.8 Å². The smallest absolute Gasteiger partial charge is 0.260 e. The summed E-state index contributed by atoms with van der Waals surface area (Å²) in [6, 6.07) is 2.13. The summed E-state index contributed by atoms with van der Waals surface area (Å²) < 4.78 is 14.9. The van der Waals surface area contributed by atoms with Crippen molar-refractivity contribution >= 4 is 17.2 Å². The second-order valence-corrected chi connectivity index (χ2v) is 7.27. The van der Waals surface area contributed by atoms with Crippen LogP contribution in [0.5, 0.6) is 0 Å². The molecule has 3 heterocycles. The number of carbonyl (C=O) groups is 1. The Morgan fingerprint density at radius 3 is 2.52 bits per heavy atom. The predicted octanol–water partition coefficient (Wildman–Crippen LogP) is 2.98. The normalized spacial score (nSPS) is 22.7. The molecule has 2 saturated heterocycles. The van der Waals surface area contributed by atoms with E-state index in [-0.39, 0.29) is 5.91 Å². The molecule has 0 saturated carbocycles. The summed E-state index contributed by atoms with van der Waals surface area (Å²) in [6.07, 6.45) is 2.72. The van der Waals surface area contributed by atoms with E-state index in [2.05, 4.69) is 23.3 Å². The zero-order valence-corrected chi connectivity index (χ0v) is 13.4. The Bertz CT molecular complexity index is 502. The molecule has 1 aromatic heterocycles. The van der Waals surface area contributed by atoms with Crippen molar-refractivity contribution in [2.45, 2.75) is 44.8 Å². The Kier molecular flexibility index (Phi) is 4.31. The highest BCUT2D eigenvalue weighted by atomic mass is 32.1. The molecule has 116 valence electrons. The number of piperidine rings is 1. The number of carbonyl (C=O) groups excluding carboxylic acids is 1. The number of halogens is 1. The van der Waals surface area contributed by atoms with E-state index in [1.807, 2.05) is 0 Å². The number of likely N-dealkylation sites (tertiary alicyclic amines) is 2. The van der Waals surface area contributed by atoms with Crippen molar-refractivity contribution < 1.29 is 9.18 Å². The van der Waals surface area contributed by atoms with Gasteiger partial charge in [0.25, 0.3) is 5.91 Å². The van der Waals surface area contributed by atoms with Gasteiger partial charge in [0.05, 0.1) is 0 Å². The van der Waals surface area contributed by atoms with Crippen LogP contribution in [0.1, 0.15) is 36.1 Å². The summed E-state index contributed by atoms with van der Waals surface area (Å²) in [5.74, 6) is -0.257. The van der Waals surface area contributed by atoms with Crippen LogP contribution < -0.4 is 0 Å². The summed E-state index contributed by atoms with van der Waals surface area (Å²) in [6.45, 7) is 5.83. The third-order valence-corrected chi connectivity index (χ3v) is 5.77. The van der Waals surface area contributed by atoms with Gasteiger partial charge in [-0.15, -0.1) is 11.3 Å². The first-order chi connectivity index (χ1) is 10.1. The monoisotopic (exact) mass is 310 g/mol. The van der Waals surface area contributed by atoms with E-state index in [4.69, 9.17) is 0 Å². The van der Waals surface area contributed by atoms with E-state index in [9.17, 15) is 9.18 Å². The van der Waals surface area contributed by atoms with Crippen LogP contribution in [0.2, 0.25) is 0 Å². The average molecular weight is 310 g/mol. The number of nitrogens with zero attached hydrogens (tertiary/aromatic N) is 2. The minimum atomic E-state index is -1.62. The van der Waals surface area contributed by atoms with Gasteiger partial charge in [0.15, 0.2) is 5.67 Å². The maximum atomic E-state index is 14.9. The number of alkyl halides is 1. The van der Waals surface area contributed by atoms with Crippen molar-refractivity contribution in [3.05, 3.63) is 21.9 Å². The average Bonchev–Trinajstić information content (AvgIpc) is 3.13. The Balaban J connectivity index is 1.56. The number of hydrogen-bond acceptors (Lipinski definition) is 3. The van der Waals surface area contributed by atoms with Gasteiger partial charge < -0.3 is 4.90 Å². The quantitative estimate of drug-likeness (QED) is 0.857. The Morgan fingerprint density at radius 1 is 1.29 bits per heavy atom. The molecule has 0 N–H and O–H groups in total. The molecule has 2 fully saturated rings. The van der Waals surface area contributed by atoms with Crippen LogP contribution in [0.15, 0.2) is 11.4 Å². The molecule has 5 heteroatoms. The second kappa shape index (κ2) is 6.05. The Morgan fingerprint density at radius 2 is 1.95 bits per heavy atom. The Hall–Kier alpha value is -0.940. The molecule has 3 rings (SSSR count). The summed E-state index contributed by atoms with van der Waals surface area (Å²) in [7, 11) is 0. The predicted molar refractivity (Wildman–Crippen MR) is 83.2 cm³/mol. The van der Waals surface area contributed by atoms with Crippen LogP contribution >= 0.6 is 11.3 Å². The molecular weight excluding hydrogens is 287 g/mol. The van der Waals surface area contributed by atoms with Gasteiger partial charge in [-0.2, -0.15) is 0 Å². The third-order valence-electron chi connectivity index (χ3n) is 4.76. The van der Waals surface area contributed by atoms with Crippen molar-refractivity contribution in [3.63, 3.8) is 0 Å².